The molecule has 2 aromatic carbocycles. The number of hydrogen-bond acceptors (Lipinski definition) is 2. The average molecular weight is 263 g/mol. The number of nitrogens with zero attached hydrogens (tertiary/aromatic N) is 2. The van der Waals surface area contributed by atoms with E-state index < -0.39 is 0 Å². The van der Waals surface area contributed by atoms with Crippen LogP contribution >= 0.6 is 0 Å². The molecule has 1 aromatic heterocycles. The highest BCUT2D eigenvalue weighted by Crippen LogP contribution is 2.30. The van der Waals surface area contributed by atoms with Crippen molar-refractivity contribution in [1.29, 1.82) is 0 Å². The van der Waals surface area contributed by atoms with Crippen LogP contribution < -0.4 is 5.32 Å². The van der Waals surface area contributed by atoms with Crippen molar-refractivity contribution in [3.8, 4) is 11.4 Å². The first-order valence-corrected chi connectivity index (χ1v) is 7.11. The molecule has 20 heavy (non-hydrogen) atoms. The zero-order chi connectivity index (χ0) is 13.5. The topological polar surface area (TPSA) is 29.9 Å². The number of rotatable bonds is 1. The number of fused-ring (bicyclic) bond motifs is 2. The van der Waals surface area contributed by atoms with Crippen molar-refractivity contribution in [2.75, 3.05) is 11.9 Å². The molecule has 0 amide bonds. The minimum atomic E-state index is 1.03. The summed E-state index contributed by atoms with van der Waals surface area (Å²) in [6.07, 6.45) is 2.37. The first kappa shape index (κ1) is 11.5. The van der Waals surface area contributed by atoms with Crippen LogP contribution in [-0.4, -0.2) is 16.1 Å². The Morgan fingerprint density at radius 1 is 1.15 bits per heavy atom. The van der Waals surface area contributed by atoms with E-state index in [1.165, 1.54) is 23.2 Å². The molecule has 0 radical (unpaired) electrons. The molecule has 4 rings (SSSR count). The third kappa shape index (κ3) is 1.70. The SMILES string of the molecule is Cn1c(-c2ccccc2)nc2cc3c(cc21)CCCN3. The molecule has 2 heterocycles. The van der Waals surface area contributed by atoms with Crippen molar-refractivity contribution >= 4 is 16.7 Å². The molecule has 1 N–H and O–H groups in total. The third-order valence-corrected chi connectivity index (χ3v) is 4.08. The fraction of sp³-hybridized carbons (Fsp3) is 0.235. The van der Waals surface area contributed by atoms with E-state index in [4.69, 9.17) is 4.98 Å². The summed E-state index contributed by atoms with van der Waals surface area (Å²) < 4.78 is 2.19. The minimum absolute atomic E-state index is 1.03. The average Bonchev–Trinajstić information content (AvgIpc) is 2.83. The number of imidazole rings is 1. The number of benzene rings is 2. The van der Waals surface area contributed by atoms with E-state index in [1.54, 1.807) is 0 Å². The van der Waals surface area contributed by atoms with Crippen LogP contribution in [0.2, 0.25) is 0 Å². The Hall–Kier alpha value is -2.29. The van der Waals surface area contributed by atoms with Crippen molar-refractivity contribution in [2.24, 2.45) is 7.05 Å². The predicted octanol–water partition coefficient (Wildman–Crippen LogP) is 3.60. The van der Waals surface area contributed by atoms with Gasteiger partial charge in [0.05, 0.1) is 11.0 Å². The molecule has 0 saturated carbocycles. The summed E-state index contributed by atoms with van der Waals surface area (Å²) in [6, 6.07) is 14.8. The first-order chi connectivity index (χ1) is 9.83. The standard InChI is InChI=1S/C17H17N3/c1-20-16-10-13-8-5-9-18-14(13)11-15(16)19-17(20)12-6-3-2-4-7-12/h2-4,6-7,10-11,18H,5,8-9H2,1H3. The van der Waals surface area contributed by atoms with Gasteiger partial charge >= 0.3 is 0 Å². The second-order valence-electron chi connectivity index (χ2n) is 5.39. The van der Waals surface area contributed by atoms with Crippen LogP contribution in [0.25, 0.3) is 22.4 Å². The summed E-state index contributed by atoms with van der Waals surface area (Å²) in [7, 11) is 2.10. The molecule has 0 fully saturated rings. The fourth-order valence-corrected chi connectivity index (χ4v) is 3.00. The zero-order valence-electron chi connectivity index (χ0n) is 11.6. The maximum Gasteiger partial charge on any atom is 0.140 e. The number of aryl methyl sites for hydroxylation is 2. The molecule has 0 saturated heterocycles. The molecule has 0 spiro atoms. The lowest BCUT2D eigenvalue weighted by atomic mass is 10.0. The van der Waals surface area contributed by atoms with Crippen LogP contribution in [0.15, 0.2) is 42.5 Å². The minimum Gasteiger partial charge on any atom is -0.385 e. The molecule has 100 valence electrons. The zero-order valence-corrected chi connectivity index (χ0v) is 11.6. The van der Waals surface area contributed by atoms with Crippen molar-refractivity contribution in [3.63, 3.8) is 0 Å². The first-order valence-electron chi connectivity index (χ1n) is 7.11. The van der Waals surface area contributed by atoms with Gasteiger partial charge in [-0.3, -0.25) is 0 Å². The van der Waals surface area contributed by atoms with E-state index in [0.717, 1.165) is 29.9 Å². The van der Waals surface area contributed by atoms with Gasteiger partial charge in [0.2, 0.25) is 0 Å². The van der Waals surface area contributed by atoms with E-state index in [-0.39, 0.29) is 0 Å². The third-order valence-electron chi connectivity index (χ3n) is 4.08. The Balaban J connectivity index is 1.94. The molecule has 0 atom stereocenters. The van der Waals surface area contributed by atoms with Crippen LogP contribution in [0.5, 0.6) is 0 Å². The fourth-order valence-electron chi connectivity index (χ4n) is 3.00. The highest BCUT2D eigenvalue weighted by Gasteiger charge is 2.14. The van der Waals surface area contributed by atoms with Crippen LogP contribution in [0.1, 0.15) is 12.0 Å². The van der Waals surface area contributed by atoms with Gasteiger partial charge in [-0.2, -0.15) is 0 Å². The van der Waals surface area contributed by atoms with Gasteiger partial charge in [-0.1, -0.05) is 30.3 Å². The normalized spacial score (nSPS) is 14.1. The maximum atomic E-state index is 4.81. The Labute approximate surface area is 118 Å². The molecular formula is C17H17N3. The van der Waals surface area contributed by atoms with Crippen molar-refractivity contribution in [2.45, 2.75) is 12.8 Å². The maximum absolute atomic E-state index is 4.81. The van der Waals surface area contributed by atoms with E-state index in [9.17, 15) is 0 Å². The second kappa shape index (κ2) is 4.37. The highest BCUT2D eigenvalue weighted by atomic mass is 15.1. The van der Waals surface area contributed by atoms with E-state index in [0.29, 0.717) is 0 Å². The molecule has 0 aliphatic carbocycles. The highest BCUT2D eigenvalue weighted by molar-refractivity contribution is 5.85. The van der Waals surface area contributed by atoms with Crippen LogP contribution in [0.3, 0.4) is 0 Å². The van der Waals surface area contributed by atoms with Gasteiger partial charge in [0.25, 0.3) is 0 Å². The van der Waals surface area contributed by atoms with Crippen LogP contribution in [-0.2, 0) is 13.5 Å². The molecule has 1 aliphatic rings. The van der Waals surface area contributed by atoms with Crippen molar-refractivity contribution < 1.29 is 0 Å². The van der Waals surface area contributed by atoms with E-state index in [2.05, 4.69) is 53.3 Å². The van der Waals surface area contributed by atoms with Gasteiger partial charge < -0.3 is 9.88 Å². The van der Waals surface area contributed by atoms with Crippen LogP contribution in [0.4, 0.5) is 5.69 Å². The molecule has 3 heteroatoms. The lowest BCUT2D eigenvalue weighted by molar-refractivity contribution is 0.830. The molecular weight excluding hydrogens is 246 g/mol. The number of anilines is 1. The summed E-state index contributed by atoms with van der Waals surface area (Å²) >= 11 is 0. The Morgan fingerprint density at radius 2 is 2.00 bits per heavy atom. The summed E-state index contributed by atoms with van der Waals surface area (Å²) in [6.45, 7) is 1.07. The lowest BCUT2D eigenvalue weighted by Gasteiger charge is -2.17. The monoisotopic (exact) mass is 263 g/mol. The van der Waals surface area contributed by atoms with E-state index in [1.807, 2.05) is 6.07 Å². The summed E-state index contributed by atoms with van der Waals surface area (Å²) in [5.74, 6) is 1.03. The van der Waals surface area contributed by atoms with Gasteiger partial charge in [-0.25, -0.2) is 4.98 Å². The largest absolute Gasteiger partial charge is 0.385 e. The predicted molar refractivity (Wildman–Crippen MR) is 83.0 cm³/mol. The summed E-state index contributed by atoms with van der Waals surface area (Å²) in [5, 5.41) is 3.47. The van der Waals surface area contributed by atoms with Gasteiger partial charge in [-0.05, 0) is 30.5 Å². The quantitative estimate of drug-likeness (QED) is 0.727. The molecule has 3 nitrogen and oxygen atoms in total. The number of hydrogen-bond donors (Lipinski definition) is 1. The van der Waals surface area contributed by atoms with Gasteiger partial charge in [0.15, 0.2) is 0 Å². The lowest BCUT2D eigenvalue weighted by Crippen LogP contribution is -2.11. The van der Waals surface area contributed by atoms with Gasteiger partial charge in [0, 0.05) is 24.8 Å². The summed E-state index contributed by atoms with van der Waals surface area (Å²) in [4.78, 5) is 4.81. The van der Waals surface area contributed by atoms with Gasteiger partial charge in [0.1, 0.15) is 5.82 Å². The van der Waals surface area contributed by atoms with Crippen LogP contribution in [0, 0.1) is 0 Å². The molecule has 1 aliphatic heterocycles. The summed E-state index contributed by atoms with van der Waals surface area (Å²) in [5.41, 5.74) is 6.11. The molecule has 3 aromatic rings. The Morgan fingerprint density at radius 3 is 2.85 bits per heavy atom. The van der Waals surface area contributed by atoms with Gasteiger partial charge in [-0.15, -0.1) is 0 Å². The Bertz CT molecular complexity index is 772. The van der Waals surface area contributed by atoms with Crippen molar-refractivity contribution in [3.05, 3.63) is 48.0 Å². The number of aromatic nitrogens is 2. The smallest absolute Gasteiger partial charge is 0.140 e. The molecule has 0 bridgehead atoms. The number of nitrogens with one attached hydrogen (secondary N) is 1. The Kier molecular flexibility index (Phi) is 2.52. The molecule has 0 unspecified atom stereocenters. The van der Waals surface area contributed by atoms with Crippen molar-refractivity contribution in [1.82, 2.24) is 9.55 Å². The van der Waals surface area contributed by atoms with E-state index >= 15 is 0 Å². The second-order valence-corrected chi connectivity index (χ2v) is 5.39.